The standard InChI is InChI=1S/C17H22BrN3O2S.HI/c1-12(23-15-7-5-4-6-14(15)22-3)10-20-17(19-2)21-11-13-8-9-16(18)24-13;/h4-9,12H,10-11H2,1-3H3,(H2,19,20,21);1H. The van der Waals surface area contributed by atoms with Gasteiger partial charge in [0.05, 0.1) is 24.0 Å². The van der Waals surface area contributed by atoms with Crippen LogP contribution in [0.4, 0.5) is 0 Å². The molecule has 138 valence electrons. The third-order valence-corrected chi connectivity index (χ3v) is 4.86. The van der Waals surface area contributed by atoms with Gasteiger partial charge in [-0.15, -0.1) is 35.3 Å². The van der Waals surface area contributed by atoms with Crippen LogP contribution in [0.1, 0.15) is 11.8 Å². The van der Waals surface area contributed by atoms with Gasteiger partial charge in [0.1, 0.15) is 6.10 Å². The summed E-state index contributed by atoms with van der Waals surface area (Å²) in [5, 5.41) is 6.56. The van der Waals surface area contributed by atoms with E-state index in [9.17, 15) is 0 Å². The zero-order valence-corrected chi connectivity index (χ0v) is 19.1. The summed E-state index contributed by atoms with van der Waals surface area (Å²) in [7, 11) is 3.39. The lowest BCUT2D eigenvalue weighted by atomic mass is 10.3. The molecule has 0 aliphatic rings. The summed E-state index contributed by atoms with van der Waals surface area (Å²) in [4.78, 5) is 5.47. The molecule has 8 heteroatoms. The maximum absolute atomic E-state index is 5.92. The van der Waals surface area contributed by atoms with Crippen molar-refractivity contribution in [2.75, 3.05) is 20.7 Å². The number of benzene rings is 1. The molecule has 2 N–H and O–H groups in total. The van der Waals surface area contributed by atoms with E-state index in [4.69, 9.17) is 9.47 Å². The molecule has 0 bridgehead atoms. The van der Waals surface area contributed by atoms with Gasteiger partial charge in [0.15, 0.2) is 17.5 Å². The molecule has 0 saturated carbocycles. The number of hydrogen-bond acceptors (Lipinski definition) is 4. The lowest BCUT2D eigenvalue weighted by Crippen LogP contribution is -2.41. The quantitative estimate of drug-likeness (QED) is 0.313. The van der Waals surface area contributed by atoms with Crippen molar-refractivity contribution in [1.82, 2.24) is 10.6 Å². The highest BCUT2D eigenvalue weighted by molar-refractivity contribution is 14.0. The van der Waals surface area contributed by atoms with Crippen LogP contribution in [-0.2, 0) is 6.54 Å². The summed E-state index contributed by atoms with van der Waals surface area (Å²) >= 11 is 5.17. The smallest absolute Gasteiger partial charge is 0.191 e. The number of hydrogen-bond donors (Lipinski definition) is 2. The fourth-order valence-electron chi connectivity index (χ4n) is 2.05. The Labute approximate surface area is 178 Å². The van der Waals surface area contributed by atoms with Crippen molar-refractivity contribution < 1.29 is 9.47 Å². The lowest BCUT2D eigenvalue weighted by Gasteiger charge is -2.18. The molecule has 1 aromatic heterocycles. The summed E-state index contributed by atoms with van der Waals surface area (Å²) in [5.74, 6) is 2.21. The van der Waals surface area contributed by atoms with Gasteiger partial charge in [0.2, 0.25) is 0 Å². The molecule has 0 radical (unpaired) electrons. The molecule has 0 saturated heterocycles. The van der Waals surface area contributed by atoms with E-state index in [-0.39, 0.29) is 30.1 Å². The van der Waals surface area contributed by atoms with Crippen molar-refractivity contribution in [3.63, 3.8) is 0 Å². The number of rotatable bonds is 7. The van der Waals surface area contributed by atoms with Gasteiger partial charge in [-0.05, 0) is 47.1 Å². The number of methoxy groups -OCH3 is 1. The third-order valence-electron chi connectivity index (χ3n) is 3.24. The lowest BCUT2D eigenvalue weighted by molar-refractivity contribution is 0.213. The second kappa shape index (κ2) is 11.6. The summed E-state index contributed by atoms with van der Waals surface area (Å²) < 4.78 is 12.3. The molecule has 25 heavy (non-hydrogen) atoms. The molecule has 5 nitrogen and oxygen atoms in total. The molecular weight excluding hydrogens is 517 g/mol. The molecule has 2 aromatic rings. The highest BCUT2D eigenvalue weighted by Crippen LogP contribution is 2.26. The highest BCUT2D eigenvalue weighted by Gasteiger charge is 2.09. The zero-order chi connectivity index (χ0) is 17.4. The minimum absolute atomic E-state index is 0. The molecule has 0 aliphatic carbocycles. The molecular formula is C17H23BrIN3O2S. The van der Waals surface area contributed by atoms with Gasteiger partial charge in [-0.25, -0.2) is 0 Å². The summed E-state index contributed by atoms with van der Waals surface area (Å²) in [6, 6.07) is 11.8. The highest BCUT2D eigenvalue weighted by atomic mass is 127. The minimum Gasteiger partial charge on any atom is -0.493 e. The molecule has 0 spiro atoms. The van der Waals surface area contributed by atoms with Crippen molar-refractivity contribution in [2.24, 2.45) is 4.99 Å². The number of ether oxygens (including phenoxy) is 2. The van der Waals surface area contributed by atoms with Gasteiger partial charge < -0.3 is 20.1 Å². The first kappa shape index (κ1) is 22.0. The molecule has 1 unspecified atom stereocenters. The SMILES string of the molecule is CN=C(NCc1ccc(Br)s1)NCC(C)Oc1ccccc1OC.I. The van der Waals surface area contributed by atoms with Crippen LogP contribution in [0, 0.1) is 0 Å². The maximum atomic E-state index is 5.92. The normalized spacial score (nSPS) is 12.1. The van der Waals surface area contributed by atoms with Crippen LogP contribution in [0.25, 0.3) is 0 Å². The first-order valence-corrected chi connectivity index (χ1v) is 9.21. The van der Waals surface area contributed by atoms with Crippen LogP contribution in [0.2, 0.25) is 0 Å². The predicted octanol–water partition coefficient (Wildman–Crippen LogP) is 4.27. The molecule has 0 amide bonds. The number of thiophene rings is 1. The van der Waals surface area contributed by atoms with Gasteiger partial charge in [0, 0.05) is 11.9 Å². The Kier molecular flexibility index (Phi) is 10.2. The number of nitrogens with zero attached hydrogens (tertiary/aromatic N) is 1. The van der Waals surface area contributed by atoms with Gasteiger partial charge >= 0.3 is 0 Å². The van der Waals surface area contributed by atoms with E-state index in [1.807, 2.05) is 37.3 Å². The van der Waals surface area contributed by atoms with Crippen LogP contribution < -0.4 is 20.1 Å². The second-order valence-electron chi connectivity index (χ2n) is 5.09. The number of halogens is 2. The first-order valence-electron chi connectivity index (χ1n) is 7.60. The van der Waals surface area contributed by atoms with E-state index in [2.05, 4.69) is 37.6 Å². The van der Waals surface area contributed by atoms with Crippen LogP contribution in [-0.4, -0.2) is 32.8 Å². The largest absolute Gasteiger partial charge is 0.493 e. The van der Waals surface area contributed by atoms with E-state index in [0.717, 1.165) is 27.8 Å². The summed E-state index contributed by atoms with van der Waals surface area (Å²) in [6.07, 6.45) is -0.0317. The van der Waals surface area contributed by atoms with Crippen LogP contribution in [0.3, 0.4) is 0 Å². The third kappa shape index (κ3) is 7.41. The van der Waals surface area contributed by atoms with Crippen LogP contribution in [0.15, 0.2) is 45.2 Å². The Bertz CT molecular complexity index is 681. The fourth-order valence-corrected chi connectivity index (χ4v) is 3.48. The summed E-state index contributed by atoms with van der Waals surface area (Å²) in [6.45, 7) is 3.37. The Morgan fingerprint density at radius 3 is 2.52 bits per heavy atom. The van der Waals surface area contributed by atoms with Crippen molar-refractivity contribution in [2.45, 2.75) is 19.6 Å². The number of para-hydroxylation sites is 2. The molecule has 1 atom stereocenters. The maximum Gasteiger partial charge on any atom is 0.191 e. The minimum atomic E-state index is -0.0317. The van der Waals surface area contributed by atoms with E-state index in [1.54, 1.807) is 25.5 Å². The topological polar surface area (TPSA) is 54.9 Å². The Morgan fingerprint density at radius 1 is 1.20 bits per heavy atom. The van der Waals surface area contributed by atoms with Crippen molar-refractivity contribution in [1.29, 1.82) is 0 Å². The fraction of sp³-hybridized carbons (Fsp3) is 0.353. The second-order valence-corrected chi connectivity index (χ2v) is 7.64. The monoisotopic (exact) mass is 539 g/mol. The van der Waals surface area contributed by atoms with Gasteiger partial charge in [0.25, 0.3) is 0 Å². The average Bonchev–Trinajstić information content (AvgIpc) is 3.01. The molecule has 2 rings (SSSR count). The van der Waals surface area contributed by atoms with Gasteiger partial charge in [-0.2, -0.15) is 0 Å². The van der Waals surface area contributed by atoms with Gasteiger partial charge in [-0.3, -0.25) is 4.99 Å². The number of guanidine groups is 1. The Balaban J connectivity index is 0.00000312. The van der Waals surface area contributed by atoms with E-state index < -0.39 is 0 Å². The van der Waals surface area contributed by atoms with Crippen molar-refractivity contribution >= 4 is 57.2 Å². The first-order chi connectivity index (χ1) is 11.6. The zero-order valence-electron chi connectivity index (χ0n) is 14.4. The number of aliphatic imine (C=N–C) groups is 1. The molecule has 0 fully saturated rings. The number of nitrogens with one attached hydrogen (secondary N) is 2. The van der Waals surface area contributed by atoms with E-state index in [1.165, 1.54) is 4.88 Å². The molecule has 1 heterocycles. The predicted molar refractivity (Wildman–Crippen MR) is 119 cm³/mol. The van der Waals surface area contributed by atoms with Crippen molar-refractivity contribution in [3.8, 4) is 11.5 Å². The Morgan fingerprint density at radius 2 is 1.92 bits per heavy atom. The van der Waals surface area contributed by atoms with Crippen molar-refractivity contribution in [3.05, 3.63) is 45.1 Å². The van der Waals surface area contributed by atoms with Gasteiger partial charge in [-0.1, -0.05) is 12.1 Å². The Hall–Kier alpha value is -1.000. The van der Waals surface area contributed by atoms with E-state index >= 15 is 0 Å². The van der Waals surface area contributed by atoms with Crippen LogP contribution >= 0.6 is 51.2 Å². The van der Waals surface area contributed by atoms with E-state index in [0.29, 0.717) is 6.54 Å². The molecule has 0 aliphatic heterocycles. The average molecular weight is 540 g/mol. The molecule has 1 aromatic carbocycles. The summed E-state index contributed by atoms with van der Waals surface area (Å²) in [5.41, 5.74) is 0. The van der Waals surface area contributed by atoms with Crippen LogP contribution in [0.5, 0.6) is 11.5 Å².